The summed E-state index contributed by atoms with van der Waals surface area (Å²) in [5, 5.41) is 3.35. The monoisotopic (exact) mass is 197 g/mol. The number of hydrogen-bond donors (Lipinski definition) is 4. The molecule has 0 aliphatic heterocycles. The Balaban J connectivity index is 2.87. The molecule has 2 amide bonds. The maximum Gasteiger partial charge on any atom is 0.332 e. The molecule has 0 spiro atoms. The fourth-order valence-corrected chi connectivity index (χ4v) is 0.723. The molecule has 0 aromatic carbocycles. The second kappa shape index (κ2) is 4.03. The van der Waals surface area contributed by atoms with Crippen LogP contribution in [-0.4, -0.2) is 22.2 Å². The lowest BCUT2D eigenvalue weighted by molar-refractivity contribution is 0.249. The summed E-state index contributed by atoms with van der Waals surface area (Å²) < 4.78 is 0. The van der Waals surface area contributed by atoms with Crippen LogP contribution in [0.15, 0.2) is 20.8 Å². The summed E-state index contributed by atoms with van der Waals surface area (Å²) in [6, 6.07) is 0.265. The Kier molecular flexibility index (Phi) is 2.79. The molecule has 0 fully saturated rings. The van der Waals surface area contributed by atoms with Crippen LogP contribution >= 0.6 is 0 Å². The van der Waals surface area contributed by atoms with E-state index < -0.39 is 17.3 Å². The molecule has 14 heavy (non-hydrogen) atoms. The summed E-state index contributed by atoms with van der Waals surface area (Å²) in [5.41, 5.74) is 5.56. The van der Waals surface area contributed by atoms with Gasteiger partial charge in [-0.2, -0.15) is 5.10 Å². The lowest BCUT2D eigenvalue weighted by atomic mass is 10.4. The predicted molar refractivity (Wildman–Crippen MR) is 48.0 cm³/mol. The number of nitrogens with two attached hydrogens (primary N) is 1. The molecule has 1 aromatic heterocycles. The smallest absolute Gasteiger partial charge is 0.332 e. The molecule has 0 aliphatic rings. The lowest BCUT2D eigenvalue weighted by Gasteiger charge is -1.91. The molecule has 0 saturated heterocycles. The number of rotatable bonds is 2. The SMILES string of the molecule is NC(=O)N/N=C\c1cc(=O)[nH]c(=O)[nH]1. The van der Waals surface area contributed by atoms with Crippen LogP contribution < -0.4 is 22.4 Å². The summed E-state index contributed by atoms with van der Waals surface area (Å²) in [6.45, 7) is 0. The second-order valence-electron chi connectivity index (χ2n) is 2.28. The average Bonchev–Trinajstić information content (AvgIpc) is 2.01. The van der Waals surface area contributed by atoms with Crippen molar-refractivity contribution in [2.75, 3.05) is 0 Å². The summed E-state index contributed by atoms with van der Waals surface area (Å²) >= 11 is 0. The van der Waals surface area contributed by atoms with E-state index in [1.807, 2.05) is 10.4 Å². The third-order valence-corrected chi connectivity index (χ3v) is 1.16. The Labute approximate surface area is 76.8 Å². The van der Waals surface area contributed by atoms with Gasteiger partial charge in [-0.3, -0.25) is 9.78 Å². The molecule has 0 atom stereocenters. The third kappa shape index (κ3) is 2.93. The summed E-state index contributed by atoms with van der Waals surface area (Å²) in [5.74, 6) is 0. The van der Waals surface area contributed by atoms with Crippen molar-refractivity contribution in [3.63, 3.8) is 0 Å². The van der Waals surface area contributed by atoms with Crippen LogP contribution in [0.25, 0.3) is 0 Å². The molecule has 0 bridgehead atoms. The molecular formula is C6H7N5O3. The van der Waals surface area contributed by atoms with Gasteiger partial charge in [-0.15, -0.1) is 0 Å². The maximum absolute atomic E-state index is 10.8. The first-order chi connectivity index (χ1) is 6.58. The minimum atomic E-state index is -0.839. The fourth-order valence-electron chi connectivity index (χ4n) is 0.723. The van der Waals surface area contributed by atoms with E-state index in [0.717, 1.165) is 12.3 Å². The van der Waals surface area contributed by atoms with Crippen molar-refractivity contribution in [2.24, 2.45) is 10.8 Å². The molecule has 1 heterocycles. The highest BCUT2D eigenvalue weighted by Crippen LogP contribution is 1.76. The molecular weight excluding hydrogens is 190 g/mol. The van der Waals surface area contributed by atoms with E-state index in [0.29, 0.717) is 0 Å². The van der Waals surface area contributed by atoms with Crippen molar-refractivity contribution in [3.8, 4) is 0 Å². The topological polar surface area (TPSA) is 133 Å². The summed E-state index contributed by atoms with van der Waals surface area (Å²) in [4.78, 5) is 35.9. The summed E-state index contributed by atoms with van der Waals surface area (Å²) in [7, 11) is 0. The van der Waals surface area contributed by atoms with Gasteiger partial charge in [0.2, 0.25) is 0 Å². The van der Waals surface area contributed by atoms with E-state index in [1.54, 1.807) is 0 Å². The zero-order chi connectivity index (χ0) is 10.6. The van der Waals surface area contributed by atoms with E-state index in [-0.39, 0.29) is 5.69 Å². The van der Waals surface area contributed by atoms with Crippen molar-refractivity contribution in [1.29, 1.82) is 0 Å². The van der Waals surface area contributed by atoms with Crippen molar-refractivity contribution >= 4 is 12.2 Å². The Morgan fingerprint density at radius 2 is 2.21 bits per heavy atom. The molecule has 0 unspecified atom stereocenters. The van der Waals surface area contributed by atoms with Gasteiger partial charge in [0, 0.05) is 6.07 Å². The number of hydrazone groups is 1. The zero-order valence-corrected chi connectivity index (χ0v) is 6.90. The molecule has 8 heteroatoms. The zero-order valence-electron chi connectivity index (χ0n) is 6.90. The van der Waals surface area contributed by atoms with Gasteiger partial charge in [0.25, 0.3) is 5.56 Å². The van der Waals surface area contributed by atoms with Crippen LogP contribution in [0.4, 0.5) is 4.79 Å². The molecule has 74 valence electrons. The minimum Gasteiger partial charge on any atom is -0.350 e. The molecule has 0 saturated carbocycles. The largest absolute Gasteiger partial charge is 0.350 e. The molecule has 8 nitrogen and oxygen atoms in total. The van der Waals surface area contributed by atoms with Crippen molar-refractivity contribution in [3.05, 3.63) is 32.6 Å². The molecule has 0 aliphatic carbocycles. The number of hydrogen-bond acceptors (Lipinski definition) is 4. The average molecular weight is 197 g/mol. The van der Waals surface area contributed by atoms with E-state index in [9.17, 15) is 14.4 Å². The highest BCUT2D eigenvalue weighted by atomic mass is 16.2. The first-order valence-electron chi connectivity index (χ1n) is 3.50. The van der Waals surface area contributed by atoms with Crippen LogP contribution in [0.2, 0.25) is 0 Å². The first kappa shape index (κ1) is 9.71. The number of nitrogens with zero attached hydrogens (tertiary/aromatic N) is 1. The predicted octanol–water partition coefficient (Wildman–Crippen LogP) is -1.93. The molecule has 1 aromatic rings. The van der Waals surface area contributed by atoms with Gasteiger partial charge in [0.1, 0.15) is 0 Å². The van der Waals surface area contributed by atoms with Crippen molar-refractivity contribution < 1.29 is 4.79 Å². The van der Waals surface area contributed by atoms with E-state index in [2.05, 4.69) is 10.1 Å². The van der Waals surface area contributed by atoms with Gasteiger partial charge >= 0.3 is 11.7 Å². The normalized spacial score (nSPS) is 10.3. The second-order valence-corrected chi connectivity index (χ2v) is 2.28. The number of primary amides is 1. The molecule has 0 radical (unpaired) electrons. The number of aromatic amines is 2. The van der Waals surface area contributed by atoms with Crippen molar-refractivity contribution in [2.45, 2.75) is 0 Å². The van der Waals surface area contributed by atoms with Gasteiger partial charge in [-0.1, -0.05) is 0 Å². The van der Waals surface area contributed by atoms with Gasteiger partial charge in [0.15, 0.2) is 0 Å². The number of carbonyl (C=O) groups is 1. The van der Waals surface area contributed by atoms with Crippen LogP contribution in [-0.2, 0) is 0 Å². The van der Waals surface area contributed by atoms with Crippen LogP contribution in [0.3, 0.4) is 0 Å². The number of aromatic nitrogens is 2. The molecule has 5 N–H and O–H groups in total. The maximum atomic E-state index is 10.8. The number of urea groups is 1. The van der Waals surface area contributed by atoms with Gasteiger partial charge in [0.05, 0.1) is 11.9 Å². The Hall–Kier alpha value is -2.38. The standard InChI is InChI=1S/C6H7N5O3/c7-5(13)11-8-2-3-1-4(12)10-6(14)9-3/h1-2H,(H3,7,11,13)(H2,9,10,12,14)/b8-2-. The quantitative estimate of drug-likeness (QED) is 0.324. The number of carbonyl (C=O) groups excluding carboxylic acids is 1. The Morgan fingerprint density at radius 1 is 1.50 bits per heavy atom. The van der Waals surface area contributed by atoms with Crippen LogP contribution in [0.1, 0.15) is 5.69 Å². The van der Waals surface area contributed by atoms with Gasteiger partial charge < -0.3 is 10.7 Å². The highest BCUT2D eigenvalue weighted by Gasteiger charge is 1.92. The Bertz CT molecular complexity index is 443. The number of nitrogens with one attached hydrogen (secondary N) is 3. The summed E-state index contributed by atoms with van der Waals surface area (Å²) in [6.07, 6.45) is 1.08. The van der Waals surface area contributed by atoms with E-state index >= 15 is 0 Å². The van der Waals surface area contributed by atoms with E-state index in [4.69, 9.17) is 5.73 Å². The van der Waals surface area contributed by atoms with Gasteiger partial charge in [-0.25, -0.2) is 15.0 Å². The van der Waals surface area contributed by atoms with Crippen LogP contribution in [0, 0.1) is 0 Å². The lowest BCUT2D eigenvalue weighted by Crippen LogP contribution is -2.25. The fraction of sp³-hybridized carbons (Fsp3) is 0. The minimum absolute atomic E-state index is 0.160. The number of H-pyrrole nitrogens is 2. The molecule has 1 rings (SSSR count). The van der Waals surface area contributed by atoms with Crippen molar-refractivity contribution in [1.82, 2.24) is 15.4 Å². The first-order valence-corrected chi connectivity index (χ1v) is 3.50. The highest BCUT2D eigenvalue weighted by molar-refractivity contribution is 5.79. The number of amides is 2. The van der Waals surface area contributed by atoms with Crippen LogP contribution in [0.5, 0.6) is 0 Å². The Morgan fingerprint density at radius 3 is 2.79 bits per heavy atom. The third-order valence-electron chi connectivity index (χ3n) is 1.16. The van der Waals surface area contributed by atoms with Gasteiger partial charge in [-0.05, 0) is 0 Å². The van der Waals surface area contributed by atoms with E-state index in [1.165, 1.54) is 0 Å².